The fourth-order valence-corrected chi connectivity index (χ4v) is 3.29. The predicted octanol–water partition coefficient (Wildman–Crippen LogP) is 2.02. The minimum Gasteiger partial charge on any atom is -0.356 e. The second kappa shape index (κ2) is 7.40. The lowest BCUT2D eigenvalue weighted by Crippen LogP contribution is -2.20. The number of rotatable bonds is 5. The molecule has 0 bridgehead atoms. The van der Waals surface area contributed by atoms with Crippen LogP contribution in [-0.4, -0.2) is 49.7 Å². The van der Waals surface area contributed by atoms with Gasteiger partial charge in [0.1, 0.15) is 5.82 Å². The third-order valence-corrected chi connectivity index (χ3v) is 4.68. The standard InChI is InChI=1S/C19H24N8/c1-13-11-21-14(2)19-24-17(25-27(13)19)7-6-16-22-15(12-20-3)10-18(23-16)26-8-4-5-9-26/h6-7,10-11,20H,4-5,8-9,12H2,1-3H3/b7-6+. The molecule has 8 nitrogen and oxygen atoms in total. The average molecular weight is 364 g/mol. The van der Waals surface area contributed by atoms with Crippen molar-refractivity contribution in [2.45, 2.75) is 33.2 Å². The monoisotopic (exact) mass is 364 g/mol. The van der Waals surface area contributed by atoms with E-state index in [1.54, 1.807) is 6.20 Å². The summed E-state index contributed by atoms with van der Waals surface area (Å²) in [6.07, 6.45) is 7.98. The number of hydrogen-bond donors (Lipinski definition) is 1. The Morgan fingerprint density at radius 3 is 2.59 bits per heavy atom. The molecule has 1 fully saturated rings. The second-order valence-electron chi connectivity index (χ2n) is 6.82. The molecular formula is C19H24N8. The van der Waals surface area contributed by atoms with E-state index < -0.39 is 0 Å². The molecule has 3 aromatic rings. The van der Waals surface area contributed by atoms with E-state index in [-0.39, 0.29) is 0 Å². The van der Waals surface area contributed by atoms with Crippen molar-refractivity contribution in [2.75, 3.05) is 25.0 Å². The lowest BCUT2D eigenvalue weighted by atomic mass is 10.3. The number of aromatic nitrogens is 6. The van der Waals surface area contributed by atoms with E-state index in [1.807, 2.05) is 37.6 Å². The fraction of sp³-hybridized carbons (Fsp3) is 0.421. The van der Waals surface area contributed by atoms with E-state index in [4.69, 9.17) is 4.98 Å². The maximum Gasteiger partial charge on any atom is 0.177 e. The highest BCUT2D eigenvalue weighted by molar-refractivity contribution is 5.65. The molecule has 0 spiro atoms. The second-order valence-corrected chi connectivity index (χ2v) is 6.82. The van der Waals surface area contributed by atoms with Crippen molar-refractivity contribution < 1.29 is 0 Å². The van der Waals surface area contributed by atoms with Gasteiger partial charge in [0.05, 0.1) is 17.1 Å². The Morgan fingerprint density at radius 2 is 1.85 bits per heavy atom. The van der Waals surface area contributed by atoms with Crippen molar-refractivity contribution in [3.63, 3.8) is 0 Å². The van der Waals surface area contributed by atoms with E-state index >= 15 is 0 Å². The zero-order valence-electron chi connectivity index (χ0n) is 16.0. The van der Waals surface area contributed by atoms with Gasteiger partial charge < -0.3 is 10.2 Å². The van der Waals surface area contributed by atoms with Crippen LogP contribution in [0.5, 0.6) is 0 Å². The molecule has 3 aromatic heterocycles. The Hall–Kier alpha value is -2.87. The Kier molecular flexibility index (Phi) is 4.81. The van der Waals surface area contributed by atoms with Crippen LogP contribution in [0.3, 0.4) is 0 Å². The van der Waals surface area contributed by atoms with Crippen LogP contribution < -0.4 is 10.2 Å². The van der Waals surface area contributed by atoms with E-state index in [0.717, 1.165) is 41.6 Å². The zero-order valence-corrected chi connectivity index (χ0v) is 16.0. The number of hydrogen-bond acceptors (Lipinski definition) is 7. The minimum absolute atomic E-state index is 0.625. The highest BCUT2D eigenvalue weighted by Gasteiger charge is 2.15. The van der Waals surface area contributed by atoms with Crippen molar-refractivity contribution >= 4 is 23.6 Å². The van der Waals surface area contributed by atoms with Crippen molar-refractivity contribution in [1.29, 1.82) is 0 Å². The molecule has 1 N–H and O–H groups in total. The summed E-state index contributed by atoms with van der Waals surface area (Å²) in [5, 5.41) is 7.71. The van der Waals surface area contributed by atoms with Crippen LogP contribution in [-0.2, 0) is 6.54 Å². The molecule has 0 unspecified atom stereocenters. The number of aryl methyl sites for hydroxylation is 2. The Bertz CT molecular complexity index is 946. The van der Waals surface area contributed by atoms with Crippen molar-refractivity contribution in [3.8, 4) is 0 Å². The summed E-state index contributed by atoms with van der Waals surface area (Å²) >= 11 is 0. The molecule has 8 heteroatoms. The van der Waals surface area contributed by atoms with Gasteiger partial charge in [0.15, 0.2) is 17.3 Å². The smallest absolute Gasteiger partial charge is 0.177 e. The molecule has 4 heterocycles. The topological polar surface area (TPSA) is 84.1 Å². The van der Waals surface area contributed by atoms with Crippen molar-refractivity contribution in [2.24, 2.45) is 0 Å². The van der Waals surface area contributed by atoms with E-state index in [2.05, 4.69) is 36.3 Å². The van der Waals surface area contributed by atoms with Gasteiger partial charge in [-0.2, -0.15) is 0 Å². The lowest BCUT2D eigenvalue weighted by molar-refractivity contribution is 0.779. The number of nitrogens with zero attached hydrogens (tertiary/aromatic N) is 7. The van der Waals surface area contributed by atoms with Gasteiger partial charge in [0.25, 0.3) is 0 Å². The molecule has 27 heavy (non-hydrogen) atoms. The summed E-state index contributed by atoms with van der Waals surface area (Å²) in [7, 11) is 1.92. The summed E-state index contributed by atoms with van der Waals surface area (Å²) in [5.74, 6) is 2.29. The third kappa shape index (κ3) is 3.66. The van der Waals surface area contributed by atoms with Crippen LogP contribution in [0.25, 0.3) is 17.8 Å². The van der Waals surface area contributed by atoms with E-state index in [1.165, 1.54) is 12.8 Å². The Balaban J connectivity index is 1.66. The third-order valence-electron chi connectivity index (χ3n) is 4.68. The first-order valence-corrected chi connectivity index (χ1v) is 9.28. The average Bonchev–Trinajstić information content (AvgIpc) is 3.34. The first-order chi connectivity index (χ1) is 13.1. The molecule has 0 atom stereocenters. The van der Waals surface area contributed by atoms with Gasteiger partial charge >= 0.3 is 0 Å². The fourth-order valence-electron chi connectivity index (χ4n) is 3.29. The van der Waals surface area contributed by atoms with Gasteiger partial charge in [0, 0.05) is 31.9 Å². The SMILES string of the molecule is CNCc1cc(N2CCCC2)nc(/C=C/c2nc3c(C)ncc(C)n3n2)n1. The van der Waals surface area contributed by atoms with Gasteiger partial charge in [-0.3, -0.25) is 4.98 Å². The molecule has 0 saturated carbocycles. The molecular weight excluding hydrogens is 340 g/mol. The zero-order chi connectivity index (χ0) is 18.8. The van der Waals surface area contributed by atoms with Crippen LogP contribution in [0.4, 0.5) is 5.82 Å². The largest absolute Gasteiger partial charge is 0.356 e. The maximum atomic E-state index is 4.73. The molecule has 0 radical (unpaired) electrons. The van der Waals surface area contributed by atoms with Gasteiger partial charge in [-0.15, -0.1) is 5.10 Å². The molecule has 0 aliphatic carbocycles. The van der Waals surface area contributed by atoms with Crippen molar-refractivity contribution in [3.05, 3.63) is 41.0 Å². The van der Waals surface area contributed by atoms with Gasteiger partial charge in [-0.05, 0) is 45.9 Å². The quantitative estimate of drug-likeness (QED) is 0.741. The highest BCUT2D eigenvalue weighted by Crippen LogP contribution is 2.19. The van der Waals surface area contributed by atoms with Crippen LogP contribution in [0, 0.1) is 13.8 Å². The van der Waals surface area contributed by atoms with Gasteiger partial charge in [-0.25, -0.2) is 19.5 Å². The van der Waals surface area contributed by atoms with Crippen molar-refractivity contribution in [1.82, 2.24) is 34.9 Å². The molecule has 1 saturated heterocycles. The van der Waals surface area contributed by atoms with Crippen LogP contribution in [0.2, 0.25) is 0 Å². The number of fused-ring (bicyclic) bond motifs is 1. The van der Waals surface area contributed by atoms with Gasteiger partial charge in [0.2, 0.25) is 0 Å². The van der Waals surface area contributed by atoms with Gasteiger partial charge in [-0.1, -0.05) is 0 Å². The van der Waals surface area contributed by atoms with E-state index in [0.29, 0.717) is 18.2 Å². The molecule has 140 valence electrons. The van der Waals surface area contributed by atoms with Crippen LogP contribution in [0.1, 0.15) is 41.6 Å². The van der Waals surface area contributed by atoms with E-state index in [9.17, 15) is 0 Å². The Morgan fingerprint density at radius 1 is 1.07 bits per heavy atom. The minimum atomic E-state index is 0.625. The summed E-state index contributed by atoms with van der Waals surface area (Å²) in [6.45, 7) is 6.72. The predicted molar refractivity (Wildman–Crippen MR) is 105 cm³/mol. The lowest BCUT2D eigenvalue weighted by Gasteiger charge is -2.17. The first-order valence-electron chi connectivity index (χ1n) is 9.28. The summed E-state index contributed by atoms with van der Waals surface area (Å²) < 4.78 is 1.82. The maximum absolute atomic E-state index is 4.73. The number of anilines is 1. The summed E-state index contributed by atoms with van der Waals surface area (Å²) in [5.41, 5.74) is 3.56. The molecule has 4 rings (SSSR count). The van der Waals surface area contributed by atoms with Crippen LogP contribution in [0.15, 0.2) is 12.3 Å². The molecule has 1 aliphatic rings. The summed E-state index contributed by atoms with van der Waals surface area (Å²) in [6, 6.07) is 2.07. The number of nitrogens with one attached hydrogen (secondary N) is 1. The first kappa shape index (κ1) is 17.5. The molecule has 1 aliphatic heterocycles. The highest BCUT2D eigenvalue weighted by atomic mass is 15.3. The molecule has 0 amide bonds. The summed E-state index contributed by atoms with van der Waals surface area (Å²) in [4.78, 5) is 20.6. The van der Waals surface area contributed by atoms with Crippen LogP contribution >= 0.6 is 0 Å². The molecule has 0 aromatic carbocycles. The normalized spacial score (nSPS) is 14.7. The Labute approximate surface area is 158 Å².